The van der Waals surface area contributed by atoms with Crippen LogP contribution in [-0.2, 0) is 9.47 Å². The summed E-state index contributed by atoms with van der Waals surface area (Å²) < 4.78 is 11.3. The van der Waals surface area contributed by atoms with Crippen LogP contribution < -0.4 is 0 Å². The van der Waals surface area contributed by atoms with E-state index in [2.05, 4.69) is 5.10 Å². The van der Waals surface area contributed by atoms with Gasteiger partial charge in [-0.3, -0.25) is 0 Å². The standard InChI is InChI=1S/C10H18N2O2.C2H6/c1-12(2)11-9-3-5-10(6-4-9)13-7-8-14-10;1-2/h3-8H2,1-2H3;1-2H3. The second-order valence-corrected chi connectivity index (χ2v) is 4.12. The molecule has 0 aromatic carbocycles. The zero-order chi connectivity index (χ0) is 12.0. The molecule has 0 N–H and O–H groups in total. The number of ether oxygens (including phenoxy) is 2. The summed E-state index contributed by atoms with van der Waals surface area (Å²) in [5.74, 6) is -0.259. The van der Waals surface area contributed by atoms with Crippen LogP contribution >= 0.6 is 0 Å². The summed E-state index contributed by atoms with van der Waals surface area (Å²) in [5.41, 5.74) is 1.26. The van der Waals surface area contributed by atoms with Gasteiger partial charge in [0.15, 0.2) is 5.79 Å². The van der Waals surface area contributed by atoms with Crippen molar-refractivity contribution in [3.05, 3.63) is 0 Å². The van der Waals surface area contributed by atoms with Crippen LogP contribution in [0.4, 0.5) is 0 Å². The Hall–Kier alpha value is -0.610. The van der Waals surface area contributed by atoms with E-state index in [1.165, 1.54) is 5.71 Å². The molecular formula is C12H24N2O2. The van der Waals surface area contributed by atoms with Crippen molar-refractivity contribution in [3.8, 4) is 0 Å². The van der Waals surface area contributed by atoms with Gasteiger partial charge < -0.3 is 14.5 Å². The Morgan fingerprint density at radius 2 is 1.56 bits per heavy atom. The molecule has 16 heavy (non-hydrogen) atoms. The smallest absolute Gasteiger partial charge is 0.169 e. The first-order valence-corrected chi connectivity index (χ1v) is 6.22. The van der Waals surface area contributed by atoms with Crippen LogP contribution in [0.1, 0.15) is 39.5 Å². The molecule has 1 heterocycles. The molecule has 0 radical (unpaired) electrons. The number of nitrogens with zero attached hydrogens (tertiary/aromatic N) is 2. The van der Waals surface area contributed by atoms with Gasteiger partial charge in [-0.05, 0) is 12.8 Å². The number of hydrogen-bond donors (Lipinski definition) is 0. The molecule has 4 heteroatoms. The monoisotopic (exact) mass is 228 g/mol. The van der Waals surface area contributed by atoms with Crippen molar-refractivity contribution in [2.24, 2.45) is 5.10 Å². The van der Waals surface area contributed by atoms with Gasteiger partial charge in [-0.15, -0.1) is 0 Å². The van der Waals surface area contributed by atoms with Crippen LogP contribution in [0, 0.1) is 0 Å². The van der Waals surface area contributed by atoms with E-state index in [1.54, 1.807) is 0 Å². The van der Waals surface area contributed by atoms with Gasteiger partial charge in [-0.2, -0.15) is 5.10 Å². The van der Waals surface area contributed by atoms with Gasteiger partial charge in [-0.25, -0.2) is 0 Å². The Bertz CT molecular complexity index is 221. The largest absolute Gasteiger partial charge is 0.348 e. The van der Waals surface area contributed by atoms with Crippen LogP contribution in [0.2, 0.25) is 0 Å². The normalized spacial score (nSPS) is 22.6. The molecule has 4 nitrogen and oxygen atoms in total. The maximum absolute atomic E-state index is 5.64. The third-order valence-electron chi connectivity index (χ3n) is 2.74. The average Bonchev–Trinajstić information content (AvgIpc) is 2.73. The fourth-order valence-corrected chi connectivity index (χ4v) is 2.09. The van der Waals surface area contributed by atoms with E-state index >= 15 is 0 Å². The quantitative estimate of drug-likeness (QED) is 0.645. The first-order valence-electron chi connectivity index (χ1n) is 6.22. The molecule has 0 unspecified atom stereocenters. The fourth-order valence-electron chi connectivity index (χ4n) is 2.09. The summed E-state index contributed by atoms with van der Waals surface area (Å²) in [6.45, 7) is 5.50. The van der Waals surface area contributed by atoms with Crippen LogP contribution in [0.25, 0.3) is 0 Å². The minimum Gasteiger partial charge on any atom is -0.348 e. The highest BCUT2D eigenvalue weighted by Crippen LogP contribution is 2.34. The molecule has 1 spiro atoms. The van der Waals surface area contributed by atoms with Crippen molar-refractivity contribution in [1.29, 1.82) is 0 Å². The van der Waals surface area contributed by atoms with E-state index < -0.39 is 0 Å². The predicted octanol–water partition coefficient (Wildman–Crippen LogP) is 2.25. The highest BCUT2D eigenvalue weighted by molar-refractivity contribution is 5.85. The summed E-state index contributed by atoms with van der Waals surface area (Å²) >= 11 is 0. The number of hydrazone groups is 1. The van der Waals surface area contributed by atoms with Gasteiger partial charge in [0.05, 0.1) is 13.2 Å². The lowest BCUT2D eigenvalue weighted by Crippen LogP contribution is -2.35. The number of rotatable bonds is 1. The molecule has 1 saturated carbocycles. The molecule has 2 aliphatic rings. The third-order valence-corrected chi connectivity index (χ3v) is 2.74. The molecule has 0 aromatic heterocycles. The Morgan fingerprint density at radius 3 is 2.00 bits per heavy atom. The summed E-state index contributed by atoms with van der Waals surface area (Å²) in [5, 5.41) is 6.29. The molecule has 2 fully saturated rings. The van der Waals surface area contributed by atoms with Gasteiger partial charge in [0, 0.05) is 32.6 Å². The molecule has 0 aromatic rings. The van der Waals surface area contributed by atoms with E-state index in [0.717, 1.165) is 38.9 Å². The summed E-state index contributed by atoms with van der Waals surface area (Å²) in [4.78, 5) is 0. The predicted molar refractivity (Wildman–Crippen MR) is 65.6 cm³/mol. The zero-order valence-corrected chi connectivity index (χ0v) is 11.0. The van der Waals surface area contributed by atoms with E-state index in [9.17, 15) is 0 Å². The molecule has 2 rings (SSSR count). The van der Waals surface area contributed by atoms with Crippen molar-refractivity contribution < 1.29 is 9.47 Å². The van der Waals surface area contributed by atoms with E-state index in [-0.39, 0.29) is 5.79 Å². The second-order valence-electron chi connectivity index (χ2n) is 4.12. The minimum absolute atomic E-state index is 0.259. The van der Waals surface area contributed by atoms with Crippen molar-refractivity contribution in [3.63, 3.8) is 0 Å². The van der Waals surface area contributed by atoms with Crippen molar-refractivity contribution in [1.82, 2.24) is 5.01 Å². The SMILES string of the molecule is CC.CN(C)N=C1CCC2(CC1)OCCO2. The summed E-state index contributed by atoms with van der Waals surface area (Å²) in [6, 6.07) is 0. The molecule has 0 amide bonds. The lowest BCUT2D eigenvalue weighted by atomic mass is 9.92. The Balaban J connectivity index is 0.000000606. The van der Waals surface area contributed by atoms with Gasteiger partial charge in [0.25, 0.3) is 0 Å². The number of hydrogen-bond acceptors (Lipinski definition) is 4. The molecule has 1 saturated heterocycles. The molecule has 1 aliphatic heterocycles. The molecule has 0 bridgehead atoms. The molecule has 1 aliphatic carbocycles. The third kappa shape index (κ3) is 3.46. The summed E-state index contributed by atoms with van der Waals surface area (Å²) in [7, 11) is 3.92. The minimum atomic E-state index is -0.259. The highest BCUT2D eigenvalue weighted by atomic mass is 16.7. The molecule has 94 valence electrons. The second kappa shape index (κ2) is 6.21. The lowest BCUT2D eigenvalue weighted by molar-refractivity contribution is -0.167. The van der Waals surface area contributed by atoms with Crippen LogP contribution in [0.3, 0.4) is 0 Å². The zero-order valence-electron chi connectivity index (χ0n) is 11.0. The highest BCUT2D eigenvalue weighted by Gasteiger charge is 2.39. The van der Waals surface area contributed by atoms with E-state index in [1.807, 2.05) is 33.0 Å². The molecule has 0 atom stereocenters. The Kier molecular flexibility index (Phi) is 5.22. The van der Waals surface area contributed by atoms with Gasteiger partial charge in [0.1, 0.15) is 0 Å². The van der Waals surface area contributed by atoms with Crippen LogP contribution in [-0.4, -0.2) is 43.8 Å². The average molecular weight is 228 g/mol. The van der Waals surface area contributed by atoms with Crippen LogP contribution in [0.15, 0.2) is 5.10 Å². The van der Waals surface area contributed by atoms with Crippen molar-refractivity contribution >= 4 is 5.71 Å². The topological polar surface area (TPSA) is 34.1 Å². The first kappa shape index (κ1) is 13.5. The van der Waals surface area contributed by atoms with Gasteiger partial charge >= 0.3 is 0 Å². The first-order chi connectivity index (χ1) is 7.70. The fraction of sp³-hybridized carbons (Fsp3) is 0.917. The lowest BCUT2D eigenvalue weighted by Gasteiger charge is -2.32. The van der Waals surface area contributed by atoms with Gasteiger partial charge in [-0.1, -0.05) is 13.8 Å². The van der Waals surface area contributed by atoms with Gasteiger partial charge in [0.2, 0.25) is 0 Å². The Labute approximate surface area is 98.6 Å². The maximum Gasteiger partial charge on any atom is 0.169 e. The van der Waals surface area contributed by atoms with Crippen molar-refractivity contribution in [2.45, 2.75) is 45.3 Å². The van der Waals surface area contributed by atoms with E-state index in [0.29, 0.717) is 0 Å². The van der Waals surface area contributed by atoms with Crippen molar-refractivity contribution in [2.75, 3.05) is 27.3 Å². The van der Waals surface area contributed by atoms with E-state index in [4.69, 9.17) is 9.47 Å². The Morgan fingerprint density at radius 1 is 1.06 bits per heavy atom. The summed E-state index contributed by atoms with van der Waals surface area (Å²) in [6.07, 6.45) is 3.91. The maximum atomic E-state index is 5.64. The molecular weight excluding hydrogens is 204 g/mol. The van der Waals surface area contributed by atoms with Crippen LogP contribution in [0.5, 0.6) is 0 Å².